The predicted octanol–water partition coefficient (Wildman–Crippen LogP) is 2.99. The van der Waals surface area contributed by atoms with Gasteiger partial charge in [0.05, 0.1) is 30.4 Å². The van der Waals surface area contributed by atoms with Crippen LogP contribution in [0.25, 0.3) is 0 Å². The summed E-state index contributed by atoms with van der Waals surface area (Å²) in [5.41, 5.74) is 1.73. The number of hydrogen-bond donors (Lipinski definition) is 1. The molecule has 0 unspecified atom stereocenters. The molecule has 2 aromatic heterocycles. The Morgan fingerprint density at radius 1 is 1.32 bits per heavy atom. The van der Waals surface area contributed by atoms with Crippen LogP contribution in [0.4, 0.5) is 0 Å². The number of hydrogen-bond acceptors (Lipinski definition) is 4. The van der Waals surface area contributed by atoms with Gasteiger partial charge in [-0.05, 0) is 44.0 Å². The van der Waals surface area contributed by atoms with Gasteiger partial charge in [-0.2, -0.15) is 0 Å². The zero-order valence-electron chi connectivity index (χ0n) is 14.6. The number of thiophene rings is 1. The molecule has 3 heterocycles. The van der Waals surface area contributed by atoms with Crippen LogP contribution in [0.1, 0.15) is 46.9 Å². The lowest BCUT2D eigenvalue weighted by molar-refractivity contribution is -0.131. The third kappa shape index (κ3) is 4.45. The normalized spacial score (nSPS) is 16.9. The Labute approximate surface area is 152 Å². The Morgan fingerprint density at radius 3 is 2.88 bits per heavy atom. The van der Waals surface area contributed by atoms with E-state index in [-0.39, 0.29) is 17.9 Å². The van der Waals surface area contributed by atoms with Crippen molar-refractivity contribution in [1.29, 1.82) is 0 Å². The number of aromatic nitrogens is 1. The smallest absolute Gasteiger partial charge is 0.228 e. The molecule has 5 nitrogen and oxygen atoms in total. The van der Waals surface area contributed by atoms with Crippen molar-refractivity contribution in [3.05, 3.63) is 51.5 Å². The highest BCUT2D eigenvalue weighted by atomic mass is 32.1. The first-order valence-electron chi connectivity index (χ1n) is 8.58. The fourth-order valence-electron chi connectivity index (χ4n) is 3.20. The van der Waals surface area contributed by atoms with Crippen molar-refractivity contribution >= 4 is 23.2 Å². The topological polar surface area (TPSA) is 62.3 Å². The summed E-state index contributed by atoms with van der Waals surface area (Å²) >= 11 is 1.68. The maximum atomic E-state index is 12.8. The van der Waals surface area contributed by atoms with Crippen molar-refractivity contribution in [2.75, 3.05) is 6.54 Å². The molecule has 1 atom stereocenters. The summed E-state index contributed by atoms with van der Waals surface area (Å²) in [5, 5.41) is 2.77. The van der Waals surface area contributed by atoms with E-state index in [9.17, 15) is 9.59 Å². The highest BCUT2D eigenvalue weighted by Crippen LogP contribution is 2.32. The van der Waals surface area contributed by atoms with Crippen LogP contribution in [0, 0.1) is 6.92 Å². The van der Waals surface area contributed by atoms with E-state index in [2.05, 4.69) is 23.3 Å². The third-order valence-electron chi connectivity index (χ3n) is 4.38. The molecule has 0 radical (unpaired) electrons. The first kappa shape index (κ1) is 17.6. The van der Waals surface area contributed by atoms with Crippen LogP contribution in [-0.2, 0) is 22.6 Å². The van der Waals surface area contributed by atoms with Gasteiger partial charge in [-0.25, -0.2) is 0 Å². The summed E-state index contributed by atoms with van der Waals surface area (Å²) in [6.07, 6.45) is 2.39. The summed E-state index contributed by atoms with van der Waals surface area (Å²) in [7, 11) is 0. The van der Waals surface area contributed by atoms with E-state index in [0.29, 0.717) is 13.0 Å². The van der Waals surface area contributed by atoms with E-state index >= 15 is 0 Å². The zero-order chi connectivity index (χ0) is 17.8. The minimum Gasteiger partial charge on any atom is -0.351 e. The molecule has 0 aromatic carbocycles. The predicted molar refractivity (Wildman–Crippen MR) is 98.2 cm³/mol. The Kier molecular flexibility index (Phi) is 5.48. The molecule has 2 aromatic rings. The molecule has 1 aliphatic heterocycles. The number of likely N-dealkylation sites (tertiary alicyclic amines) is 1. The van der Waals surface area contributed by atoms with Crippen molar-refractivity contribution in [2.24, 2.45) is 0 Å². The van der Waals surface area contributed by atoms with Gasteiger partial charge in [0, 0.05) is 23.2 Å². The average Bonchev–Trinajstić information content (AvgIpc) is 3.22. The quantitative estimate of drug-likeness (QED) is 0.895. The van der Waals surface area contributed by atoms with Gasteiger partial charge in [-0.3, -0.25) is 14.6 Å². The molecule has 0 spiro atoms. The summed E-state index contributed by atoms with van der Waals surface area (Å²) in [6.45, 7) is 4.75. The molecule has 1 N–H and O–H groups in total. The van der Waals surface area contributed by atoms with E-state index < -0.39 is 0 Å². The molecular weight excluding hydrogens is 334 g/mol. The summed E-state index contributed by atoms with van der Waals surface area (Å²) in [5.74, 6) is 0.0922. The molecular formula is C19H23N3O2S. The lowest BCUT2D eigenvalue weighted by Gasteiger charge is -2.24. The minimum atomic E-state index is -0.0730. The Bertz CT molecular complexity index is 772. The van der Waals surface area contributed by atoms with E-state index in [1.807, 2.05) is 29.2 Å². The van der Waals surface area contributed by atoms with Gasteiger partial charge in [0.25, 0.3) is 0 Å². The van der Waals surface area contributed by atoms with Crippen molar-refractivity contribution in [3.8, 4) is 0 Å². The van der Waals surface area contributed by atoms with Crippen molar-refractivity contribution in [3.63, 3.8) is 0 Å². The zero-order valence-corrected chi connectivity index (χ0v) is 15.4. The van der Waals surface area contributed by atoms with Crippen molar-refractivity contribution < 1.29 is 9.59 Å². The second-order valence-electron chi connectivity index (χ2n) is 6.40. The molecule has 1 fully saturated rings. The van der Waals surface area contributed by atoms with Crippen molar-refractivity contribution in [1.82, 2.24) is 15.2 Å². The molecule has 132 valence electrons. The molecule has 0 saturated carbocycles. The van der Waals surface area contributed by atoms with E-state index in [4.69, 9.17) is 0 Å². The molecule has 0 aliphatic carbocycles. The third-order valence-corrected chi connectivity index (χ3v) is 5.38. The second kappa shape index (κ2) is 7.78. The van der Waals surface area contributed by atoms with Gasteiger partial charge in [0.1, 0.15) is 0 Å². The number of pyridine rings is 1. The summed E-state index contributed by atoms with van der Waals surface area (Å²) in [4.78, 5) is 32.8. The molecule has 1 aliphatic rings. The van der Waals surface area contributed by atoms with Gasteiger partial charge in [0.15, 0.2) is 0 Å². The number of nitrogens with one attached hydrogen (secondary N) is 1. The number of aryl methyl sites for hydroxylation is 1. The van der Waals surface area contributed by atoms with Gasteiger partial charge in [-0.1, -0.05) is 6.07 Å². The van der Waals surface area contributed by atoms with Gasteiger partial charge in [0.2, 0.25) is 11.8 Å². The van der Waals surface area contributed by atoms with Crippen LogP contribution < -0.4 is 5.32 Å². The number of nitrogens with zero attached hydrogens (tertiary/aromatic N) is 2. The second-order valence-corrected chi connectivity index (χ2v) is 7.77. The van der Waals surface area contributed by atoms with Gasteiger partial charge >= 0.3 is 0 Å². The molecule has 1 saturated heterocycles. The maximum Gasteiger partial charge on any atom is 0.228 e. The van der Waals surface area contributed by atoms with Crippen LogP contribution >= 0.6 is 11.3 Å². The van der Waals surface area contributed by atoms with Gasteiger partial charge in [-0.15, -0.1) is 11.3 Å². The Morgan fingerprint density at radius 2 is 2.16 bits per heavy atom. The highest BCUT2D eigenvalue weighted by Gasteiger charge is 2.31. The standard InChI is InChI=1S/C19H23N3O2S/c1-13-8-9-16(25-13)11-19(24)22-10-4-7-18(22)17-6-3-5-15(21-17)12-20-14(2)23/h3,5-6,8-9,18H,4,7,10-12H2,1-2H3,(H,20,23)/t18-/m0/s1. The first-order chi connectivity index (χ1) is 12.0. The van der Waals surface area contributed by atoms with Crippen LogP contribution in [-0.4, -0.2) is 28.2 Å². The summed E-state index contributed by atoms with van der Waals surface area (Å²) in [6, 6.07) is 9.95. The van der Waals surface area contributed by atoms with Crippen LogP contribution in [0.15, 0.2) is 30.3 Å². The average molecular weight is 357 g/mol. The van der Waals surface area contributed by atoms with E-state index in [1.165, 1.54) is 11.8 Å². The largest absolute Gasteiger partial charge is 0.351 e. The molecule has 25 heavy (non-hydrogen) atoms. The van der Waals surface area contributed by atoms with Crippen LogP contribution in [0.2, 0.25) is 0 Å². The van der Waals surface area contributed by atoms with Crippen LogP contribution in [0.3, 0.4) is 0 Å². The molecule has 3 rings (SSSR count). The lowest BCUT2D eigenvalue weighted by Crippen LogP contribution is -2.32. The Balaban J connectivity index is 1.71. The first-order valence-corrected chi connectivity index (χ1v) is 9.39. The number of rotatable bonds is 5. The molecule has 6 heteroatoms. The van der Waals surface area contributed by atoms with E-state index in [0.717, 1.165) is 35.7 Å². The highest BCUT2D eigenvalue weighted by molar-refractivity contribution is 7.12. The minimum absolute atomic E-state index is 0.0332. The van der Waals surface area contributed by atoms with Crippen molar-refractivity contribution in [2.45, 2.75) is 45.7 Å². The van der Waals surface area contributed by atoms with Crippen LogP contribution in [0.5, 0.6) is 0 Å². The number of amides is 2. The molecule has 0 bridgehead atoms. The number of carbonyl (C=O) groups is 2. The van der Waals surface area contributed by atoms with Gasteiger partial charge < -0.3 is 10.2 Å². The summed E-state index contributed by atoms with van der Waals surface area (Å²) < 4.78 is 0. The molecule has 2 amide bonds. The fraction of sp³-hybridized carbons (Fsp3) is 0.421. The maximum absolute atomic E-state index is 12.8. The lowest BCUT2D eigenvalue weighted by atomic mass is 10.1. The Hall–Kier alpha value is -2.21. The SMILES string of the molecule is CC(=O)NCc1cccc([C@@H]2CCCN2C(=O)Cc2ccc(C)s2)n1. The van der Waals surface area contributed by atoms with E-state index in [1.54, 1.807) is 11.3 Å². The fourth-order valence-corrected chi connectivity index (χ4v) is 4.08. The number of carbonyl (C=O) groups excluding carboxylic acids is 2. The monoisotopic (exact) mass is 357 g/mol.